The van der Waals surface area contributed by atoms with Crippen LogP contribution in [-0.4, -0.2) is 47.2 Å². The zero-order valence-corrected chi connectivity index (χ0v) is 14.3. The smallest absolute Gasteiger partial charge is 0.241 e. The van der Waals surface area contributed by atoms with Gasteiger partial charge in [-0.05, 0) is 25.0 Å². The van der Waals surface area contributed by atoms with Gasteiger partial charge in [0.25, 0.3) is 0 Å². The van der Waals surface area contributed by atoms with E-state index in [1.54, 1.807) is 16.7 Å². The summed E-state index contributed by atoms with van der Waals surface area (Å²) < 4.78 is 5.73. The van der Waals surface area contributed by atoms with E-state index in [0.717, 1.165) is 24.3 Å². The molecule has 124 valence electrons. The molecule has 2 saturated heterocycles. The van der Waals surface area contributed by atoms with Gasteiger partial charge in [-0.1, -0.05) is 18.2 Å². The van der Waals surface area contributed by atoms with E-state index >= 15 is 0 Å². The maximum Gasteiger partial charge on any atom is 0.241 e. The van der Waals surface area contributed by atoms with Crippen molar-refractivity contribution >= 4 is 30.1 Å². The van der Waals surface area contributed by atoms with Crippen molar-refractivity contribution in [3.05, 3.63) is 30.3 Å². The fraction of sp³-hybridized carbons (Fsp3) is 0.500. The molecule has 2 aliphatic heterocycles. The molecule has 0 bridgehead atoms. The summed E-state index contributed by atoms with van der Waals surface area (Å²) in [5, 5.41) is 12.5. The first kappa shape index (κ1) is 17.9. The van der Waals surface area contributed by atoms with Crippen molar-refractivity contribution < 1.29 is 9.53 Å². The number of amides is 1. The first-order chi connectivity index (χ1) is 10.8. The van der Waals surface area contributed by atoms with Gasteiger partial charge in [-0.2, -0.15) is 5.26 Å². The van der Waals surface area contributed by atoms with Gasteiger partial charge in [0.1, 0.15) is 18.4 Å². The van der Waals surface area contributed by atoms with E-state index in [9.17, 15) is 4.79 Å². The Hall–Kier alpha value is -1.42. The standard InChI is InChI=1S/C16H19N3O2S.ClH/c17-9-12-5-4-8-19(12)16(20)14-11-22-15(18-14)10-21-13-6-2-1-3-7-13;/h1-3,6-7,12,14-15,18H,4-5,8,10-11H2;1H/t12-,14-,15?;/m0./s1. The summed E-state index contributed by atoms with van der Waals surface area (Å²) in [5.74, 6) is 1.62. The lowest BCUT2D eigenvalue weighted by molar-refractivity contribution is -0.132. The molecule has 0 spiro atoms. The number of para-hydroxylation sites is 1. The molecule has 3 rings (SSSR count). The molecular weight excluding hydrogens is 334 g/mol. The van der Waals surface area contributed by atoms with Crippen molar-refractivity contribution in [1.82, 2.24) is 10.2 Å². The van der Waals surface area contributed by atoms with Crippen LogP contribution < -0.4 is 10.1 Å². The Morgan fingerprint density at radius 3 is 2.96 bits per heavy atom. The summed E-state index contributed by atoms with van der Waals surface area (Å²) in [6.07, 6.45) is 1.72. The molecule has 1 aromatic carbocycles. The monoisotopic (exact) mass is 353 g/mol. The first-order valence-electron chi connectivity index (χ1n) is 7.53. The Labute approximate surface area is 146 Å². The molecule has 1 N–H and O–H groups in total. The van der Waals surface area contributed by atoms with Crippen molar-refractivity contribution in [2.75, 3.05) is 18.9 Å². The van der Waals surface area contributed by atoms with Gasteiger partial charge in [-0.15, -0.1) is 24.2 Å². The van der Waals surface area contributed by atoms with Gasteiger partial charge in [0.05, 0.1) is 17.5 Å². The van der Waals surface area contributed by atoms with Crippen molar-refractivity contribution in [2.24, 2.45) is 0 Å². The quantitative estimate of drug-likeness (QED) is 0.897. The second kappa shape index (κ2) is 8.44. The minimum atomic E-state index is -0.251. The predicted octanol–water partition coefficient (Wildman–Crippen LogP) is 2.03. The zero-order valence-electron chi connectivity index (χ0n) is 12.7. The number of halogens is 1. The van der Waals surface area contributed by atoms with E-state index in [4.69, 9.17) is 10.00 Å². The highest BCUT2D eigenvalue weighted by molar-refractivity contribution is 8.00. The molecule has 0 aliphatic carbocycles. The lowest BCUT2D eigenvalue weighted by Gasteiger charge is -2.23. The number of hydrogen-bond donors (Lipinski definition) is 1. The molecule has 23 heavy (non-hydrogen) atoms. The van der Waals surface area contributed by atoms with Gasteiger partial charge in [0.15, 0.2) is 0 Å². The number of rotatable bonds is 4. The van der Waals surface area contributed by atoms with Gasteiger partial charge in [-0.25, -0.2) is 0 Å². The molecule has 1 aromatic rings. The molecule has 2 heterocycles. The van der Waals surface area contributed by atoms with Crippen LogP contribution in [0.25, 0.3) is 0 Å². The molecule has 0 radical (unpaired) electrons. The second-order valence-corrected chi connectivity index (χ2v) is 6.72. The van der Waals surface area contributed by atoms with E-state index in [-0.39, 0.29) is 35.8 Å². The van der Waals surface area contributed by atoms with Crippen LogP contribution in [0.15, 0.2) is 30.3 Å². The molecule has 5 nitrogen and oxygen atoms in total. The molecular formula is C16H20ClN3O2S. The number of nitriles is 1. The molecule has 0 aromatic heterocycles. The molecule has 1 amide bonds. The Bertz CT molecular complexity index is 566. The Morgan fingerprint density at radius 1 is 1.43 bits per heavy atom. The van der Waals surface area contributed by atoms with E-state index < -0.39 is 0 Å². The average molecular weight is 354 g/mol. The van der Waals surface area contributed by atoms with Crippen molar-refractivity contribution in [2.45, 2.75) is 30.3 Å². The summed E-state index contributed by atoms with van der Waals surface area (Å²) in [6.45, 7) is 1.23. The average Bonchev–Trinajstić information content (AvgIpc) is 3.22. The van der Waals surface area contributed by atoms with Crippen LogP contribution in [0.5, 0.6) is 5.75 Å². The van der Waals surface area contributed by atoms with Crippen LogP contribution in [0.2, 0.25) is 0 Å². The summed E-state index contributed by atoms with van der Waals surface area (Å²) in [6, 6.07) is 11.4. The third-order valence-electron chi connectivity index (χ3n) is 3.98. The Morgan fingerprint density at radius 2 is 2.22 bits per heavy atom. The molecule has 7 heteroatoms. The van der Waals surface area contributed by atoms with Crippen LogP contribution in [0.1, 0.15) is 12.8 Å². The fourth-order valence-corrected chi connectivity index (χ4v) is 3.91. The normalized spacial score (nSPS) is 26.4. The van der Waals surface area contributed by atoms with Crippen molar-refractivity contribution in [3.63, 3.8) is 0 Å². The van der Waals surface area contributed by atoms with Crippen molar-refractivity contribution in [1.29, 1.82) is 5.26 Å². The van der Waals surface area contributed by atoms with E-state index in [2.05, 4.69) is 11.4 Å². The summed E-state index contributed by atoms with van der Waals surface area (Å²) in [5.41, 5.74) is 0. The minimum Gasteiger partial charge on any atom is -0.491 e. The van der Waals surface area contributed by atoms with Crippen LogP contribution in [-0.2, 0) is 4.79 Å². The number of thioether (sulfide) groups is 1. The molecule has 0 saturated carbocycles. The largest absolute Gasteiger partial charge is 0.491 e. The molecule has 2 fully saturated rings. The second-order valence-electron chi connectivity index (χ2n) is 5.48. The van der Waals surface area contributed by atoms with Gasteiger partial charge < -0.3 is 9.64 Å². The van der Waals surface area contributed by atoms with Gasteiger partial charge >= 0.3 is 0 Å². The van der Waals surface area contributed by atoms with Gasteiger partial charge in [0, 0.05) is 12.3 Å². The minimum absolute atomic E-state index is 0. The Balaban J connectivity index is 0.00000192. The first-order valence-corrected chi connectivity index (χ1v) is 8.58. The number of nitrogens with one attached hydrogen (secondary N) is 1. The van der Waals surface area contributed by atoms with Crippen LogP contribution >= 0.6 is 24.2 Å². The van der Waals surface area contributed by atoms with Gasteiger partial charge in [0.2, 0.25) is 5.91 Å². The van der Waals surface area contributed by atoms with E-state index in [0.29, 0.717) is 13.2 Å². The molecule has 2 aliphatic rings. The number of likely N-dealkylation sites (tertiary alicyclic amines) is 1. The van der Waals surface area contributed by atoms with E-state index in [1.165, 1.54) is 0 Å². The number of hydrogen-bond acceptors (Lipinski definition) is 5. The number of carbonyl (C=O) groups is 1. The van der Waals surface area contributed by atoms with Crippen LogP contribution in [0.4, 0.5) is 0 Å². The number of carbonyl (C=O) groups excluding carboxylic acids is 1. The SMILES string of the molecule is Cl.N#C[C@@H]1CCCN1C(=O)[C@@H]1CSC(COc2ccccc2)N1. The maximum atomic E-state index is 12.5. The summed E-state index contributed by atoms with van der Waals surface area (Å²) >= 11 is 1.70. The number of ether oxygens (including phenoxy) is 1. The topological polar surface area (TPSA) is 65.4 Å². The highest BCUT2D eigenvalue weighted by Gasteiger charge is 2.37. The van der Waals surface area contributed by atoms with Crippen molar-refractivity contribution in [3.8, 4) is 11.8 Å². The Kier molecular flexibility index (Phi) is 6.58. The van der Waals surface area contributed by atoms with Crippen LogP contribution in [0.3, 0.4) is 0 Å². The highest BCUT2D eigenvalue weighted by Crippen LogP contribution is 2.24. The lowest BCUT2D eigenvalue weighted by atomic mass is 10.2. The fourth-order valence-electron chi connectivity index (χ4n) is 2.83. The number of benzene rings is 1. The molecule has 3 atom stereocenters. The highest BCUT2D eigenvalue weighted by atomic mass is 35.5. The third kappa shape index (κ3) is 4.31. The summed E-state index contributed by atoms with van der Waals surface area (Å²) in [7, 11) is 0. The van der Waals surface area contributed by atoms with Crippen LogP contribution in [0, 0.1) is 11.3 Å². The number of nitrogens with zero attached hydrogens (tertiary/aromatic N) is 2. The summed E-state index contributed by atoms with van der Waals surface area (Å²) in [4.78, 5) is 14.2. The maximum absolute atomic E-state index is 12.5. The molecule has 1 unspecified atom stereocenters. The van der Waals surface area contributed by atoms with E-state index in [1.807, 2.05) is 30.3 Å². The predicted molar refractivity (Wildman–Crippen MR) is 92.7 cm³/mol. The third-order valence-corrected chi connectivity index (χ3v) is 5.18. The zero-order chi connectivity index (χ0) is 15.4. The lowest BCUT2D eigenvalue weighted by Crippen LogP contribution is -2.48. The van der Waals surface area contributed by atoms with Gasteiger partial charge in [-0.3, -0.25) is 10.1 Å².